The Bertz CT molecular complexity index is 281. The largest absolute Gasteiger partial charge is 0.458 e. The van der Waals surface area contributed by atoms with Crippen LogP contribution in [0.1, 0.15) is 0 Å². The predicted octanol–water partition coefficient (Wildman–Crippen LogP) is 1.37. The molecule has 0 aliphatic carbocycles. The second-order valence-corrected chi connectivity index (χ2v) is 2.35. The predicted molar refractivity (Wildman–Crippen MR) is 54.7 cm³/mol. The highest BCUT2D eigenvalue weighted by Crippen LogP contribution is 2.11. The van der Waals surface area contributed by atoms with Crippen LogP contribution >= 0.6 is 0 Å². The number of rotatable bonds is 0. The van der Waals surface area contributed by atoms with Crippen LogP contribution < -0.4 is 0 Å². The lowest BCUT2D eigenvalue weighted by atomic mass is 10.1. The molecule has 0 fully saturated rings. The van der Waals surface area contributed by atoms with Crippen LogP contribution in [0, 0.1) is 0 Å². The fourth-order valence-corrected chi connectivity index (χ4v) is 1.13. The SMILES string of the molecule is BO.c1ccc2ccccc2c1. The molecule has 0 heterocycles. The number of hydrogen-bond donors (Lipinski definition) is 1. The van der Waals surface area contributed by atoms with Gasteiger partial charge in [0.2, 0.25) is 0 Å². The molecule has 2 aromatic rings. The molecule has 2 rings (SSSR count). The summed E-state index contributed by atoms with van der Waals surface area (Å²) >= 11 is 0. The fraction of sp³-hybridized carbons (Fsp3) is 0. The molecule has 0 bridgehead atoms. The normalized spacial score (nSPS) is 8.75. The van der Waals surface area contributed by atoms with Gasteiger partial charge in [0.1, 0.15) is 0 Å². The summed E-state index contributed by atoms with van der Waals surface area (Å²) in [4.78, 5) is 0. The van der Waals surface area contributed by atoms with Crippen molar-refractivity contribution >= 4 is 18.8 Å². The molecule has 0 spiro atoms. The summed E-state index contributed by atoms with van der Waals surface area (Å²) in [6.07, 6.45) is 0. The van der Waals surface area contributed by atoms with Crippen LogP contribution in [0.5, 0.6) is 0 Å². The minimum Gasteiger partial charge on any atom is -0.458 e. The topological polar surface area (TPSA) is 20.2 Å². The first-order valence-corrected chi connectivity index (χ1v) is 3.85. The quantitative estimate of drug-likeness (QED) is 0.574. The molecule has 0 unspecified atom stereocenters. The van der Waals surface area contributed by atoms with Gasteiger partial charge >= 0.3 is 0 Å². The molecule has 1 N–H and O–H groups in total. The van der Waals surface area contributed by atoms with E-state index in [9.17, 15) is 0 Å². The third-order valence-corrected chi connectivity index (χ3v) is 1.66. The Morgan fingerprint density at radius 1 is 0.667 bits per heavy atom. The lowest BCUT2D eigenvalue weighted by Crippen LogP contribution is -1.67. The second kappa shape index (κ2) is 4.57. The van der Waals surface area contributed by atoms with Crippen molar-refractivity contribution < 1.29 is 5.02 Å². The summed E-state index contributed by atoms with van der Waals surface area (Å²) in [5.41, 5.74) is 0. The molecule has 12 heavy (non-hydrogen) atoms. The fourth-order valence-electron chi connectivity index (χ4n) is 1.13. The van der Waals surface area contributed by atoms with Crippen LogP contribution in [0.3, 0.4) is 0 Å². The van der Waals surface area contributed by atoms with E-state index in [0.29, 0.717) is 0 Å². The minimum atomic E-state index is 1.00. The van der Waals surface area contributed by atoms with E-state index in [1.54, 1.807) is 0 Å². The Balaban J connectivity index is 0.000000336. The highest BCUT2D eigenvalue weighted by atomic mass is 16.2. The van der Waals surface area contributed by atoms with Crippen molar-refractivity contribution in [2.45, 2.75) is 0 Å². The average molecular weight is 158 g/mol. The van der Waals surface area contributed by atoms with Crippen LogP contribution in [-0.2, 0) is 0 Å². The zero-order valence-electron chi connectivity index (χ0n) is 7.07. The Morgan fingerprint density at radius 2 is 0.917 bits per heavy atom. The van der Waals surface area contributed by atoms with Crippen LogP contribution in [-0.4, -0.2) is 13.1 Å². The average Bonchev–Trinajstić information content (AvgIpc) is 2.21. The van der Waals surface area contributed by atoms with Crippen LogP contribution in [0.25, 0.3) is 10.8 Å². The summed E-state index contributed by atoms with van der Waals surface area (Å²) in [5, 5.41) is 9.62. The van der Waals surface area contributed by atoms with Crippen LogP contribution in [0.2, 0.25) is 0 Å². The van der Waals surface area contributed by atoms with E-state index in [0.717, 1.165) is 8.05 Å². The molecule has 0 amide bonds. The molecule has 0 atom stereocenters. The summed E-state index contributed by atoms with van der Waals surface area (Å²) in [7, 11) is 1.00. The Hall–Kier alpha value is -1.28. The first-order valence-electron chi connectivity index (χ1n) is 3.85. The molecule has 0 radical (unpaired) electrons. The Morgan fingerprint density at radius 3 is 1.17 bits per heavy atom. The van der Waals surface area contributed by atoms with Gasteiger partial charge in [-0.3, -0.25) is 0 Å². The van der Waals surface area contributed by atoms with Gasteiger partial charge in [0.15, 0.2) is 0 Å². The van der Waals surface area contributed by atoms with Gasteiger partial charge in [0.25, 0.3) is 8.05 Å². The summed E-state index contributed by atoms with van der Waals surface area (Å²) in [6, 6.07) is 16.7. The van der Waals surface area contributed by atoms with E-state index < -0.39 is 0 Å². The number of benzene rings is 2. The molecule has 2 aromatic carbocycles. The van der Waals surface area contributed by atoms with E-state index in [1.165, 1.54) is 10.8 Å². The Labute approximate surface area is 73.1 Å². The van der Waals surface area contributed by atoms with E-state index in [-0.39, 0.29) is 0 Å². The van der Waals surface area contributed by atoms with Gasteiger partial charge in [-0.15, -0.1) is 0 Å². The van der Waals surface area contributed by atoms with E-state index in [4.69, 9.17) is 5.02 Å². The lowest BCUT2D eigenvalue weighted by molar-refractivity contribution is 0.629. The zero-order chi connectivity index (χ0) is 8.81. The first-order chi connectivity index (χ1) is 5.97. The maximum atomic E-state index is 7.00. The van der Waals surface area contributed by atoms with Gasteiger partial charge in [0, 0.05) is 0 Å². The third kappa shape index (κ3) is 1.86. The number of fused-ring (bicyclic) bond motifs is 1. The third-order valence-electron chi connectivity index (χ3n) is 1.66. The summed E-state index contributed by atoms with van der Waals surface area (Å²) in [5.74, 6) is 0. The highest BCUT2D eigenvalue weighted by molar-refractivity contribution is 5.95. The summed E-state index contributed by atoms with van der Waals surface area (Å²) in [6.45, 7) is 0. The van der Waals surface area contributed by atoms with Crippen molar-refractivity contribution in [1.82, 2.24) is 0 Å². The van der Waals surface area contributed by atoms with Crippen molar-refractivity contribution in [3.8, 4) is 0 Å². The molecular formula is C10H11BO. The van der Waals surface area contributed by atoms with Crippen molar-refractivity contribution in [3.05, 3.63) is 48.5 Å². The van der Waals surface area contributed by atoms with Gasteiger partial charge in [-0.1, -0.05) is 48.5 Å². The van der Waals surface area contributed by atoms with Gasteiger partial charge in [-0.05, 0) is 10.8 Å². The number of hydrogen-bond acceptors (Lipinski definition) is 1. The minimum absolute atomic E-state index is 1.00. The molecule has 1 nitrogen and oxygen atoms in total. The van der Waals surface area contributed by atoms with Crippen molar-refractivity contribution in [2.75, 3.05) is 0 Å². The van der Waals surface area contributed by atoms with Crippen molar-refractivity contribution in [3.63, 3.8) is 0 Å². The highest BCUT2D eigenvalue weighted by Gasteiger charge is 1.85. The van der Waals surface area contributed by atoms with Gasteiger partial charge in [-0.25, -0.2) is 0 Å². The molecule has 0 aromatic heterocycles. The van der Waals surface area contributed by atoms with E-state index in [2.05, 4.69) is 48.5 Å². The Kier molecular flexibility index (Phi) is 3.36. The van der Waals surface area contributed by atoms with Crippen LogP contribution in [0.15, 0.2) is 48.5 Å². The summed E-state index contributed by atoms with van der Waals surface area (Å²) < 4.78 is 0. The van der Waals surface area contributed by atoms with Gasteiger partial charge < -0.3 is 5.02 Å². The molecule has 0 aliphatic heterocycles. The smallest absolute Gasteiger partial charge is 0.252 e. The van der Waals surface area contributed by atoms with Crippen LogP contribution in [0.4, 0.5) is 0 Å². The monoisotopic (exact) mass is 158 g/mol. The molecule has 0 saturated heterocycles. The maximum absolute atomic E-state index is 7.00. The maximum Gasteiger partial charge on any atom is 0.252 e. The van der Waals surface area contributed by atoms with Crippen molar-refractivity contribution in [1.29, 1.82) is 0 Å². The molecule has 60 valence electrons. The molecule has 2 heteroatoms. The lowest BCUT2D eigenvalue weighted by Gasteiger charge is -1.92. The molecular weight excluding hydrogens is 147 g/mol. The van der Waals surface area contributed by atoms with E-state index >= 15 is 0 Å². The van der Waals surface area contributed by atoms with Gasteiger partial charge in [0.05, 0.1) is 0 Å². The first kappa shape index (κ1) is 8.82. The van der Waals surface area contributed by atoms with Gasteiger partial charge in [-0.2, -0.15) is 0 Å². The second-order valence-electron chi connectivity index (χ2n) is 2.35. The zero-order valence-corrected chi connectivity index (χ0v) is 7.07. The van der Waals surface area contributed by atoms with E-state index in [1.807, 2.05) is 0 Å². The molecule has 0 saturated carbocycles. The molecule has 0 aliphatic rings. The standard InChI is InChI=1S/C10H8.BH3O/c1-2-6-10-8-4-3-7-9(10)5-1;1-2/h1-8H;2H,1H2. The van der Waals surface area contributed by atoms with Crippen molar-refractivity contribution in [2.24, 2.45) is 0 Å².